The molecule has 0 aliphatic heterocycles. The summed E-state index contributed by atoms with van der Waals surface area (Å²) in [5.41, 5.74) is 0. The van der Waals surface area contributed by atoms with E-state index in [4.69, 9.17) is 9.47 Å². The van der Waals surface area contributed by atoms with Crippen molar-refractivity contribution in [2.24, 2.45) is 0 Å². The maximum atomic E-state index is 11.9. The summed E-state index contributed by atoms with van der Waals surface area (Å²) < 4.78 is 21.5. The molecule has 2 unspecified atom stereocenters. The fourth-order valence-electron chi connectivity index (χ4n) is 0.981. The SMILES string of the molecule is CCOC(=O)C(C)NP(=O)(COC)NC. The highest BCUT2D eigenvalue weighted by Gasteiger charge is 2.25. The minimum atomic E-state index is -2.86. The van der Waals surface area contributed by atoms with Gasteiger partial charge in [-0.2, -0.15) is 0 Å². The summed E-state index contributed by atoms with van der Waals surface area (Å²) in [4.78, 5) is 11.3. The first-order valence-electron chi connectivity index (χ1n) is 4.70. The van der Waals surface area contributed by atoms with E-state index < -0.39 is 19.5 Å². The van der Waals surface area contributed by atoms with Crippen molar-refractivity contribution in [1.82, 2.24) is 10.2 Å². The smallest absolute Gasteiger partial charge is 0.323 e. The van der Waals surface area contributed by atoms with Crippen molar-refractivity contribution in [3.05, 3.63) is 0 Å². The van der Waals surface area contributed by atoms with Crippen LogP contribution in [0.4, 0.5) is 0 Å². The second-order valence-corrected chi connectivity index (χ2v) is 5.43. The van der Waals surface area contributed by atoms with Gasteiger partial charge in [0.2, 0.25) is 7.44 Å². The van der Waals surface area contributed by atoms with E-state index in [1.165, 1.54) is 7.11 Å². The Morgan fingerprint density at radius 2 is 2.13 bits per heavy atom. The zero-order chi connectivity index (χ0) is 11.9. The molecule has 2 N–H and O–H groups in total. The Hall–Kier alpha value is -0.420. The third kappa shape index (κ3) is 5.28. The Kier molecular flexibility index (Phi) is 6.76. The van der Waals surface area contributed by atoms with Crippen LogP contribution in [0.1, 0.15) is 13.8 Å². The molecule has 0 aliphatic carbocycles. The highest BCUT2D eigenvalue weighted by atomic mass is 31.2. The fraction of sp³-hybridized carbons (Fsp3) is 0.875. The number of methoxy groups -OCH3 is 1. The molecule has 0 heterocycles. The quantitative estimate of drug-likeness (QED) is 0.498. The summed E-state index contributed by atoms with van der Waals surface area (Å²) in [6.45, 7) is 3.62. The summed E-state index contributed by atoms with van der Waals surface area (Å²) in [6, 6.07) is -0.626. The van der Waals surface area contributed by atoms with Crippen molar-refractivity contribution in [2.75, 3.05) is 27.1 Å². The number of carbonyl (C=O) groups is 1. The molecule has 0 saturated carbocycles. The molecule has 0 aromatic rings. The van der Waals surface area contributed by atoms with Crippen LogP contribution in [-0.2, 0) is 18.8 Å². The van der Waals surface area contributed by atoms with Crippen LogP contribution in [-0.4, -0.2) is 39.1 Å². The molecule has 7 heteroatoms. The van der Waals surface area contributed by atoms with Crippen molar-refractivity contribution in [1.29, 1.82) is 0 Å². The van der Waals surface area contributed by atoms with E-state index in [9.17, 15) is 9.36 Å². The van der Waals surface area contributed by atoms with E-state index >= 15 is 0 Å². The number of hydrogen-bond donors (Lipinski definition) is 2. The maximum Gasteiger partial charge on any atom is 0.323 e. The van der Waals surface area contributed by atoms with Gasteiger partial charge in [0.1, 0.15) is 12.4 Å². The van der Waals surface area contributed by atoms with Gasteiger partial charge < -0.3 is 9.47 Å². The first kappa shape index (κ1) is 14.6. The number of rotatable bonds is 7. The molecular formula is C8H19N2O4P. The van der Waals surface area contributed by atoms with Crippen LogP contribution < -0.4 is 10.2 Å². The maximum absolute atomic E-state index is 11.9. The van der Waals surface area contributed by atoms with Gasteiger partial charge in [-0.05, 0) is 20.9 Å². The molecule has 0 fully saturated rings. The number of esters is 1. The van der Waals surface area contributed by atoms with Crippen LogP contribution in [0.5, 0.6) is 0 Å². The molecule has 0 aromatic carbocycles. The average molecular weight is 238 g/mol. The Bertz CT molecular complexity index is 247. The lowest BCUT2D eigenvalue weighted by molar-refractivity contribution is -0.144. The number of nitrogens with one attached hydrogen (secondary N) is 2. The van der Waals surface area contributed by atoms with Crippen LogP contribution in [0.2, 0.25) is 0 Å². The van der Waals surface area contributed by atoms with Crippen molar-refractivity contribution in [3.63, 3.8) is 0 Å². The molecule has 0 bridgehead atoms. The summed E-state index contributed by atoms with van der Waals surface area (Å²) in [6.07, 6.45) is 0.0211. The monoisotopic (exact) mass is 238 g/mol. The number of hydrogen-bond acceptors (Lipinski definition) is 4. The zero-order valence-corrected chi connectivity index (χ0v) is 10.5. The predicted molar refractivity (Wildman–Crippen MR) is 57.8 cm³/mol. The number of ether oxygens (including phenoxy) is 2. The molecule has 0 amide bonds. The fourth-order valence-corrected chi connectivity index (χ4v) is 2.41. The van der Waals surface area contributed by atoms with Gasteiger partial charge >= 0.3 is 5.97 Å². The summed E-state index contributed by atoms with van der Waals surface area (Å²) >= 11 is 0. The van der Waals surface area contributed by atoms with E-state index in [2.05, 4.69) is 10.2 Å². The molecule has 90 valence electrons. The van der Waals surface area contributed by atoms with E-state index in [0.29, 0.717) is 6.61 Å². The van der Waals surface area contributed by atoms with Gasteiger partial charge in [-0.15, -0.1) is 0 Å². The van der Waals surface area contributed by atoms with E-state index in [0.717, 1.165) is 0 Å². The van der Waals surface area contributed by atoms with Crippen LogP contribution >= 0.6 is 7.44 Å². The lowest BCUT2D eigenvalue weighted by Crippen LogP contribution is -2.37. The van der Waals surface area contributed by atoms with Crippen LogP contribution in [0.15, 0.2) is 0 Å². The van der Waals surface area contributed by atoms with Crippen molar-refractivity contribution in [2.45, 2.75) is 19.9 Å². The Morgan fingerprint density at radius 3 is 2.53 bits per heavy atom. The predicted octanol–water partition coefficient (Wildman–Crippen LogP) is 0.544. The lowest BCUT2D eigenvalue weighted by Gasteiger charge is -2.21. The van der Waals surface area contributed by atoms with Gasteiger partial charge in [0.05, 0.1) is 6.61 Å². The van der Waals surface area contributed by atoms with E-state index in [-0.39, 0.29) is 6.35 Å². The first-order valence-corrected chi connectivity index (χ1v) is 6.59. The molecule has 6 nitrogen and oxygen atoms in total. The van der Waals surface area contributed by atoms with Crippen molar-refractivity contribution >= 4 is 13.4 Å². The Balaban J connectivity index is 4.29. The van der Waals surface area contributed by atoms with Gasteiger partial charge in [0.15, 0.2) is 0 Å². The minimum Gasteiger partial charge on any atom is -0.465 e. The lowest BCUT2D eigenvalue weighted by atomic mass is 10.4. The Labute approximate surface area is 90.2 Å². The number of carbonyl (C=O) groups excluding carboxylic acids is 1. The average Bonchev–Trinajstić information content (AvgIpc) is 2.18. The van der Waals surface area contributed by atoms with Crippen LogP contribution in [0.3, 0.4) is 0 Å². The zero-order valence-electron chi connectivity index (χ0n) is 9.57. The molecule has 0 radical (unpaired) electrons. The van der Waals surface area contributed by atoms with Gasteiger partial charge in [-0.3, -0.25) is 14.4 Å². The molecule has 2 atom stereocenters. The van der Waals surface area contributed by atoms with Crippen molar-refractivity contribution < 1.29 is 18.8 Å². The van der Waals surface area contributed by atoms with Crippen LogP contribution in [0.25, 0.3) is 0 Å². The normalized spacial score (nSPS) is 16.8. The molecule has 0 aromatic heterocycles. The standard InChI is InChI=1S/C8H19N2O4P/c1-5-14-8(11)7(2)10-15(12,9-3)6-13-4/h7H,5-6H2,1-4H3,(H2,9,10,12). The second kappa shape index (κ2) is 6.95. The van der Waals surface area contributed by atoms with Crippen molar-refractivity contribution in [3.8, 4) is 0 Å². The summed E-state index contributed by atoms with van der Waals surface area (Å²) in [5, 5.41) is 5.29. The molecule has 0 spiro atoms. The van der Waals surface area contributed by atoms with Crippen LogP contribution in [0, 0.1) is 0 Å². The van der Waals surface area contributed by atoms with E-state index in [1.54, 1.807) is 20.9 Å². The third-order valence-corrected chi connectivity index (χ3v) is 3.86. The molecule has 15 heavy (non-hydrogen) atoms. The molecule has 0 rings (SSSR count). The van der Waals surface area contributed by atoms with Gasteiger partial charge in [0.25, 0.3) is 0 Å². The summed E-state index contributed by atoms with van der Waals surface area (Å²) in [7, 11) is 0.134. The first-order chi connectivity index (χ1) is 6.99. The van der Waals surface area contributed by atoms with Gasteiger partial charge in [-0.25, -0.2) is 5.09 Å². The highest BCUT2D eigenvalue weighted by Crippen LogP contribution is 2.35. The summed E-state index contributed by atoms with van der Waals surface area (Å²) in [5.74, 6) is -0.427. The molecular weight excluding hydrogens is 219 g/mol. The van der Waals surface area contributed by atoms with Gasteiger partial charge in [0, 0.05) is 7.11 Å². The van der Waals surface area contributed by atoms with Gasteiger partial charge in [-0.1, -0.05) is 0 Å². The minimum absolute atomic E-state index is 0.0211. The molecule has 0 aliphatic rings. The topological polar surface area (TPSA) is 76.7 Å². The van der Waals surface area contributed by atoms with E-state index in [1.807, 2.05) is 0 Å². The second-order valence-electron chi connectivity index (χ2n) is 2.98. The highest BCUT2D eigenvalue weighted by molar-refractivity contribution is 7.59. The molecule has 0 saturated heterocycles. The Morgan fingerprint density at radius 1 is 1.53 bits per heavy atom. The third-order valence-electron chi connectivity index (χ3n) is 1.71. The largest absolute Gasteiger partial charge is 0.465 e.